The number of ether oxygens (including phenoxy) is 1. The van der Waals surface area contributed by atoms with Crippen molar-refractivity contribution in [3.05, 3.63) is 35.4 Å². The molecule has 0 aromatic heterocycles. The van der Waals surface area contributed by atoms with E-state index in [0.29, 0.717) is 6.04 Å². The molecule has 0 amide bonds. The van der Waals surface area contributed by atoms with Crippen molar-refractivity contribution in [3.63, 3.8) is 0 Å². The number of hydrogen-bond donors (Lipinski definition) is 1. The fourth-order valence-corrected chi connectivity index (χ4v) is 2.72. The molecule has 2 aliphatic carbocycles. The first-order valence-electron chi connectivity index (χ1n) is 7.30. The van der Waals surface area contributed by atoms with Crippen molar-refractivity contribution in [1.82, 2.24) is 5.32 Å². The second-order valence-electron chi connectivity index (χ2n) is 5.70. The van der Waals surface area contributed by atoms with Gasteiger partial charge in [0.25, 0.3) is 0 Å². The van der Waals surface area contributed by atoms with Crippen molar-refractivity contribution in [2.75, 3.05) is 19.8 Å². The molecule has 1 N–H and O–H groups in total. The maximum Gasteiger partial charge on any atom is 0.0494 e. The quantitative estimate of drug-likeness (QED) is 0.745. The Morgan fingerprint density at radius 1 is 1.11 bits per heavy atom. The van der Waals surface area contributed by atoms with Gasteiger partial charge in [0.15, 0.2) is 0 Å². The van der Waals surface area contributed by atoms with E-state index in [1.54, 1.807) is 0 Å². The summed E-state index contributed by atoms with van der Waals surface area (Å²) in [5.41, 5.74) is 3.06. The van der Waals surface area contributed by atoms with Crippen LogP contribution in [-0.4, -0.2) is 25.8 Å². The van der Waals surface area contributed by atoms with Crippen LogP contribution in [0.15, 0.2) is 24.3 Å². The highest BCUT2D eigenvalue weighted by Crippen LogP contribution is 2.28. The molecule has 1 aromatic rings. The van der Waals surface area contributed by atoms with Gasteiger partial charge < -0.3 is 10.1 Å². The van der Waals surface area contributed by atoms with E-state index in [9.17, 15) is 0 Å². The molecule has 1 saturated carbocycles. The minimum absolute atomic E-state index is 0.644. The molecule has 0 aliphatic heterocycles. The zero-order valence-corrected chi connectivity index (χ0v) is 11.0. The zero-order valence-electron chi connectivity index (χ0n) is 11.0. The summed E-state index contributed by atoms with van der Waals surface area (Å²) < 4.78 is 5.64. The van der Waals surface area contributed by atoms with Gasteiger partial charge in [0, 0.05) is 19.3 Å². The summed E-state index contributed by atoms with van der Waals surface area (Å²) in [6.07, 6.45) is 6.30. The highest BCUT2D eigenvalue weighted by atomic mass is 16.5. The Labute approximate surface area is 110 Å². The predicted octanol–water partition coefficient (Wildman–Crippen LogP) is 2.56. The Balaban J connectivity index is 1.28. The third kappa shape index (κ3) is 3.33. The monoisotopic (exact) mass is 245 g/mol. The van der Waals surface area contributed by atoms with Crippen molar-refractivity contribution in [1.29, 1.82) is 0 Å². The van der Waals surface area contributed by atoms with Crippen LogP contribution >= 0.6 is 0 Å². The van der Waals surface area contributed by atoms with Gasteiger partial charge in [-0.25, -0.2) is 0 Å². The molecule has 0 unspecified atom stereocenters. The Bertz CT molecular complexity index is 361. The number of rotatable bonds is 7. The van der Waals surface area contributed by atoms with Gasteiger partial charge >= 0.3 is 0 Å². The first kappa shape index (κ1) is 12.2. The Hall–Kier alpha value is -0.860. The van der Waals surface area contributed by atoms with E-state index < -0.39 is 0 Å². The molecular formula is C16H23NO. The van der Waals surface area contributed by atoms with Gasteiger partial charge in [-0.15, -0.1) is 0 Å². The second kappa shape index (κ2) is 5.85. The summed E-state index contributed by atoms with van der Waals surface area (Å²) in [6, 6.07) is 9.46. The second-order valence-corrected chi connectivity index (χ2v) is 5.70. The molecule has 0 heterocycles. The third-order valence-corrected chi connectivity index (χ3v) is 4.00. The number of nitrogens with one attached hydrogen (secondary N) is 1. The van der Waals surface area contributed by atoms with E-state index in [-0.39, 0.29) is 0 Å². The van der Waals surface area contributed by atoms with Crippen LogP contribution in [0.2, 0.25) is 0 Å². The van der Waals surface area contributed by atoms with Crippen molar-refractivity contribution in [3.8, 4) is 0 Å². The molecule has 18 heavy (non-hydrogen) atoms. The lowest BCUT2D eigenvalue weighted by Gasteiger charge is -2.11. The molecule has 98 valence electrons. The smallest absolute Gasteiger partial charge is 0.0494 e. The van der Waals surface area contributed by atoms with Gasteiger partial charge in [0.2, 0.25) is 0 Å². The Morgan fingerprint density at radius 2 is 1.83 bits per heavy atom. The fourth-order valence-electron chi connectivity index (χ4n) is 2.72. The van der Waals surface area contributed by atoms with Crippen molar-refractivity contribution < 1.29 is 4.74 Å². The summed E-state index contributed by atoms with van der Waals surface area (Å²) in [4.78, 5) is 0. The SMILES string of the molecule is c1ccc2c(c1)CC(NCCCOCC1CC1)C2. The number of hydrogen-bond acceptors (Lipinski definition) is 2. The lowest BCUT2D eigenvalue weighted by molar-refractivity contribution is 0.121. The largest absolute Gasteiger partial charge is 0.381 e. The molecule has 0 bridgehead atoms. The van der Waals surface area contributed by atoms with Crippen LogP contribution < -0.4 is 5.32 Å². The van der Waals surface area contributed by atoms with E-state index in [4.69, 9.17) is 4.74 Å². The summed E-state index contributed by atoms with van der Waals surface area (Å²) in [5.74, 6) is 0.891. The van der Waals surface area contributed by atoms with Gasteiger partial charge in [-0.1, -0.05) is 24.3 Å². The van der Waals surface area contributed by atoms with Crippen LogP contribution in [0, 0.1) is 5.92 Å². The van der Waals surface area contributed by atoms with E-state index in [1.165, 1.54) is 36.8 Å². The third-order valence-electron chi connectivity index (χ3n) is 4.00. The van der Waals surface area contributed by atoms with Crippen LogP contribution in [0.5, 0.6) is 0 Å². The minimum atomic E-state index is 0.644. The maximum absolute atomic E-state index is 5.64. The first-order valence-corrected chi connectivity index (χ1v) is 7.30. The molecule has 0 saturated heterocycles. The first-order chi connectivity index (χ1) is 8.92. The lowest BCUT2D eigenvalue weighted by Crippen LogP contribution is -2.30. The fraction of sp³-hybridized carbons (Fsp3) is 0.625. The summed E-state index contributed by atoms with van der Waals surface area (Å²) >= 11 is 0. The van der Waals surface area contributed by atoms with E-state index in [0.717, 1.165) is 32.1 Å². The van der Waals surface area contributed by atoms with E-state index in [1.807, 2.05) is 0 Å². The maximum atomic E-state index is 5.64. The van der Waals surface area contributed by atoms with Crippen molar-refractivity contribution in [2.24, 2.45) is 5.92 Å². The molecule has 0 atom stereocenters. The topological polar surface area (TPSA) is 21.3 Å². The highest BCUT2D eigenvalue weighted by molar-refractivity contribution is 5.33. The molecule has 3 rings (SSSR count). The van der Waals surface area contributed by atoms with Crippen LogP contribution in [0.3, 0.4) is 0 Å². The Kier molecular flexibility index (Phi) is 3.96. The zero-order chi connectivity index (χ0) is 12.2. The van der Waals surface area contributed by atoms with Crippen molar-refractivity contribution >= 4 is 0 Å². The van der Waals surface area contributed by atoms with Gasteiger partial charge in [-0.2, -0.15) is 0 Å². The van der Waals surface area contributed by atoms with Gasteiger partial charge in [0.1, 0.15) is 0 Å². The van der Waals surface area contributed by atoms with Gasteiger partial charge in [0.05, 0.1) is 0 Å². The highest BCUT2D eigenvalue weighted by Gasteiger charge is 2.21. The van der Waals surface area contributed by atoms with Crippen LogP contribution in [0.1, 0.15) is 30.4 Å². The molecule has 0 radical (unpaired) electrons. The standard InChI is InChI=1S/C16H23NO/c1-2-5-15-11-16(10-14(15)4-1)17-8-3-9-18-12-13-6-7-13/h1-2,4-5,13,16-17H,3,6-12H2. The predicted molar refractivity (Wildman–Crippen MR) is 73.8 cm³/mol. The summed E-state index contributed by atoms with van der Waals surface area (Å²) in [7, 11) is 0. The molecule has 0 spiro atoms. The molecule has 2 aliphatic rings. The van der Waals surface area contributed by atoms with E-state index in [2.05, 4.69) is 29.6 Å². The summed E-state index contributed by atoms with van der Waals surface area (Å²) in [6.45, 7) is 3.00. The van der Waals surface area contributed by atoms with Crippen LogP contribution in [0.4, 0.5) is 0 Å². The Morgan fingerprint density at radius 3 is 2.50 bits per heavy atom. The minimum Gasteiger partial charge on any atom is -0.381 e. The average molecular weight is 245 g/mol. The van der Waals surface area contributed by atoms with Crippen molar-refractivity contribution in [2.45, 2.75) is 38.1 Å². The van der Waals surface area contributed by atoms with Gasteiger partial charge in [-0.3, -0.25) is 0 Å². The molecular weight excluding hydrogens is 222 g/mol. The van der Waals surface area contributed by atoms with Gasteiger partial charge in [-0.05, 0) is 55.7 Å². The molecule has 2 heteroatoms. The molecule has 2 nitrogen and oxygen atoms in total. The molecule has 1 fully saturated rings. The average Bonchev–Trinajstić information content (AvgIpc) is 3.11. The molecule has 1 aromatic carbocycles. The number of benzene rings is 1. The number of fused-ring (bicyclic) bond motifs is 1. The van der Waals surface area contributed by atoms with Crippen LogP contribution in [0.25, 0.3) is 0 Å². The normalized spacial score (nSPS) is 19.1. The van der Waals surface area contributed by atoms with Crippen LogP contribution in [-0.2, 0) is 17.6 Å². The summed E-state index contributed by atoms with van der Waals surface area (Å²) in [5, 5.41) is 3.65. The lowest BCUT2D eigenvalue weighted by atomic mass is 10.1. The van der Waals surface area contributed by atoms with E-state index >= 15 is 0 Å².